The first kappa shape index (κ1) is 19.0. The highest BCUT2D eigenvalue weighted by Crippen LogP contribution is 2.62. The summed E-state index contributed by atoms with van der Waals surface area (Å²) in [7, 11) is 0. The molecule has 1 heterocycles. The minimum Gasteiger partial charge on any atom is -0.121 e. The van der Waals surface area contributed by atoms with Crippen molar-refractivity contribution in [1.29, 1.82) is 0 Å². The smallest absolute Gasteiger partial charge is 0.0690 e. The van der Waals surface area contributed by atoms with E-state index in [9.17, 15) is 0 Å². The van der Waals surface area contributed by atoms with Crippen LogP contribution in [0, 0.1) is 5.92 Å². The number of allylic oxidation sites excluding steroid dienone is 8. The Bertz CT molecular complexity index is 1370. The summed E-state index contributed by atoms with van der Waals surface area (Å²) < 4.78 is 1.19. The average Bonchev–Trinajstić information content (AvgIpc) is 3.03. The standard InChI is InChI=1S/C30H21BrS/c31-27-14-7-13-25-29(27)22-16-19-8-1-2-9-20(19)17-26(22)30(25)23-11-4-3-10-21(23)18-32-28-15-6-5-12-24(28)30/h1-16,20H,17-18H2. The highest BCUT2D eigenvalue weighted by molar-refractivity contribution is 9.10. The Labute approximate surface area is 201 Å². The summed E-state index contributed by atoms with van der Waals surface area (Å²) in [4.78, 5) is 1.40. The number of fused-ring (bicyclic) bond motifs is 9. The second-order valence-electron chi connectivity index (χ2n) is 8.95. The summed E-state index contributed by atoms with van der Waals surface area (Å²) in [5.41, 5.74) is 11.3. The topological polar surface area (TPSA) is 0 Å². The SMILES string of the molecule is Brc1cccc2c1C1=C(CC3C=CC=CC3=C1)C21c2ccccc2CSc2ccccc21. The fourth-order valence-corrected chi connectivity index (χ4v) is 7.90. The third-order valence-electron chi connectivity index (χ3n) is 7.47. The molecule has 0 amide bonds. The zero-order valence-corrected chi connectivity index (χ0v) is 19.9. The van der Waals surface area contributed by atoms with Crippen molar-refractivity contribution in [3.8, 4) is 0 Å². The molecule has 0 aromatic heterocycles. The molecule has 2 unspecified atom stereocenters. The first-order valence-corrected chi connectivity index (χ1v) is 13.0. The van der Waals surface area contributed by atoms with E-state index >= 15 is 0 Å². The third-order valence-corrected chi connectivity index (χ3v) is 9.25. The van der Waals surface area contributed by atoms with Gasteiger partial charge in [0.25, 0.3) is 0 Å². The van der Waals surface area contributed by atoms with Gasteiger partial charge in [-0.2, -0.15) is 0 Å². The lowest BCUT2D eigenvalue weighted by molar-refractivity contribution is 0.632. The fourth-order valence-electron chi connectivity index (χ4n) is 6.21. The summed E-state index contributed by atoms with van der Waals surface area (Å²) in [6, 6.07) is 25.0. The molecule has 3 aromatic rings. The Morgan fingerprint density at radius 1 is 0.844 bits per heavy atom. The quantitative estimate of drug-likeness (QED) is 0.304. The van der Waals surface area contributed by atoms with Gasteiger partial charge in [0.05, 0.1) is 5.41 Å². The lowest BCUT2D eigenvalue weighted by Gasteiger charge is -2.39. The zero-order valence-electron chi connectivity index (χ0n) is 17.5. The molecule has 0 radical (unpaired) electrons. The van der Waals surface area contributed by atoms with Gasteiger partial charge in [0.1, 0.15) is 0 Å². The minimum absolute atomic E-state index is 0.248. The highest BCUT2D eigenvalue weighted by atomic mass is 79.9. The Morgan fingerprint density at radius 2 is 1.66 bits per heavy atom. The maximum atomic E-state index is 3.95. The van der Waals surface area contributed by atoms with E-state index in [4.69, 9.17) is 0 Å². The zero-order chi connectivity index (χ0) is 21.3. The van der Waals surface area contributed by atoms with Crippen LogP contribution >= 0.6 is 27.7 Å². The number of rotatable bonds is 0. The molecule has 0 fully saturated rings. The molecule has 4 aliphatic rings. The number of benzene rings is 3. The van der Waals surface area contributed by atoms with Gasteiger partial charge in [0.15, 0.2) is 0 Å². The van der Waals surface area contributed by atoms with Gasteiger partial charge in [-0.15, -0.1) is 11.8 Å². The van der Waals surface area contributed by atoms with Crippen LogP contribution in [0.4, 0.5) is 0 Å². The molecule has 2 heteroatoms. The van der Waals surface area contributed by atoms with Crippen LogP contribution in [0.15, 0.2) is 118 Å². The molecule has 3 aliphatic carbocycles. The van der Waals surface area contributed by atoms with E-state index in [1.54, 1.807) is 5.57 Å². The predicted molar refractivity (Wildman–Crippen MR) is 138 cm³/mol. The summed E-state index contributed by atoms with van der Waals surface area (Å²) >= 11 is 5.93. The van der Waals surface area contributed by atoms with Crippen LogP contribution in [0.1, 0.15) is 34.2 Å². The number of halogens is 1. The lowest BCUT2D eigenvalue weighted by Crippen LogP contribution is -2.32. The predicted octanol–water partition coefficient (Wildman–Crippen LogP) is 8.23. The van der Waals surface area contributed by atoms with Crippen molar-refractivity contribution in [3.05, 3.63) is 141 Å². The summed E-state index contributed by atoms with van der Waals surface area (Å²) in [5, 5.41) is 0. The van der Waals surface area contributed by atoms with Gasteiger partial charge >= 0.3 is 0 Å². The molecule has 0 saturated heterocycles. The average molecular weight is 493 g/mol. The minimum atomic E-state index is -0.248. The normalized spacial score (nSPS) is 24.3. The van der Waals surface area contributed by atoms with Crippen molar-refractivity contribution in [2.45, 2.75) is 22.5 Å². The monoisotopic (exact) mass is 492 g/mol. The van der Waals surface area contributed by atoms with Gasteiger partial charge in [-0.05, 0) is 57.5 Å². The summed E-state index contributed by atoms with van der Waals surface area (Å²) in [5.74, 6) is 1.45. The molecule has 7 rings (SSSR count). The van der Waals surface area contributed by atoms with Gasteiger partial charge in [-0.1, -0.05) is 101 Å². The molecular formula is C30H21BrS. The van der Waals surface area contributed by atoms with E-state index in [1.807, 2.05) is 11.8 Å². The second kappa shape index (κ2) is 6.97. The number of hydrogen-bond acceptors (Lipinski definition) is 1. The van der Waals surface area contributed by atoms with Gasteiger partial charge in [-0.25, -0.2) is 0 Å². The van der Waals surface area contributed by atoms with Crippen molar-refractivity contribution in [2.24, 2.45) is 5.92 Å². The molecule has 32 heavy (non-hydrogen) atoms. The lowest BCUT2D eigenvalue weighted by atomic mass is 9.63. The summed E-state index contributed by atoms with van der Waals surface area (Å²) in [6.45, 7) is 0. The van der Waals surface area contributed by atoms with Gasteiger partial charge in [-0.3, -0.25) is 0 Å². The molecule has 2 atom stereocenters. The van der Waals surface area contributed by atoms with Gasteiger partial charge in [0.2, 0.25) is 0 Å². The highest BCUT2D eigenvalue weighted by Gasteiger charge is 2.51. The Hall–Kier alpha value is -2.55. The van der Waals surface area contributed by atoms with E-state index in [0.717, 1.165) is 12.2 Å². The fraction of sp³-hybridized carbons (Fsp3) is 0.133. The maximum absolute atomic E-state index is 3.95. The van der Waals surface area contributed by atoms with E-state index in [2.05, 4.69) is 113 Å². The van der Waals surface area contributed by atoms with E-state index in [0.29, 0.717) is 5.92 Å². The summed E-state index contributed by atoms with van der Waals surface area (Å²) in [6.07, 6.45) is 12.6. The van der Waals surface area contributed by atoms with E-state index < -0.39 is 0 Å². The molecule has 154 valence electrons. The van der Waals surface area contributed by atoms with Crippen LogP contribution < -0.4 is 0 Å². The van der Waals surface area contributed by atoms with Crippen LogP contribution in [-0.4, -0.2) is 0 Å². The molecule has 0 saturated carbocycles. The molecule has 3 aromatic carbocycles. The third kappa shape index (κ3) is 2.40. The van der Waals surface area contributed by atoms with Crippen LogP contribution in [0.2, 0.25) is 0 Å². The van der Waals surface area contributed by atoms with Crippen molar-refractivity contribution in [1.82, 2.24) is 0 Å². The first-order valence-electron chi connectivity index (χ1n) is 11.2. The molecular weight excluding hydrogens is 472 g/mol. The first-order chi connectivity index (χ1) is 15.8. The Kier molecular flexibility index (Phi) is 4.13. The number of hydrogen-bond donors (Lipinski definition) is 0. The largest absolute Gasteiger partial charge is 0.121 e. The second-order valence-corrected chi connectivity index (χ2v) is 10.8. The van der Waals surface area contributed by atoms with Crippen molar-refractivity contribution >= 4 is 33.3 Å². The van der Waals surface area contributed by atoms with Crippen molar-refractivity contribution in [3.63, 3.8) is 0 Å². The molecule has 1 aliphatic heterocycles. The Morgan fingerprint density at radius 3 is 2.59 bits per heavy atom. The molecule has 0 N–H and O–H groups in total. The van der Waals surface area contributed by atoms with Gasteiger partial charge < -0.3 is 0 Å². The molecule has 0 bridgehead atoms. The molecule has 1 spiro atoms. The van der Waals surface area contributed by atoms with E-state index in [1.165, 1.54) is 48.3 Å². The van der Waals surface area contributed by atoms with Crippen LogP contribution in [0.25, 0.3) is 5.57 Å². The maximum Gasteiger partial charge on any atom is 0.0690 e. The van der Waals surface area contributed by atoms with Crippen molar-refractivity contribution in [2.75, 3.05) is 0 Å². The molecule has 0 nitrogen and oxygen atoms in total. The van der Waals surface area contributed by atoms with E-state index in [-0.39, 0.29) is 5.41 Å². The van der Waals surface area contributed by atoms with Crippen LogP contribution in [0.3, 0.4) is 0 Å². The van der Waals surface area contributed by atoms with Crippen LogP contribution in [-0.2, 0) is 11.2 Å². The van der Waals surface area contributed by atoms with Gasteiger partial charge in [0, 0.05) is 26.6 Å². The van der Waals surface area contributed by atoms with Crippen LogP contribution in [0.5, 0.6) is 0 Å². The number of thioether (sulfide) groups is 1. The van der Waals surface area contributed by atoms with Crippen molar-refractivity contribution < 1.29 is 0 Å². The Balaban J connectivity index is 1.67.